The average Bonchev–Trinajstić information content (AvgIpc) is 2.53. The summed E-state index contributed by atoms with van der Waals surface area (Å²) in [6.45, 7) is 4.93. The molecule has 0 aliphatic carbocycles. The Morgan fingerprint density at radius 3 is 2.86 bits per heavy atom. The van der Waals surface area contributed by atoms with E-state index in [2.05, 4.69) is 22.9 Å². The van der Waals surface area contributed by atoms with Crippen molar-refractivity contribution in [3.63, 3.8) is 0 Å². The molecule has 0 bridgehead atoms. The minimum absolute atomic E-state index is 0.0329. The highest BCUT2D eigenvalue weighted by Gasteiger charge is 2.22. The third-order valence-electron chi connectivity index (χ3n) is 3.48. The van der Waals surface area contributed by atoms with E-state index < -0.39 is 0 Å². The lowest BCUT2D eigenvalue weighted by molar-refractivity contribution is -0.121. The lowest BCUT2D eigenvalue weighted by Gasteiger charge is -2.27. The molecule has 0 fully saturated rings. The van der Waals surface area contributed by atoms with Crippen molar-refractivity contribution < 1.29 is 9.53 Å². The molecule has 1 aliphatic rings. The second-order valence-corrected chi connectivity index (χ2v) is 5.23. The van der Waals surface area contributed by atoms with E-state index in [0.29, 0.717) is 19.7 Å². The summed E-state index contributed by atoms with van der Waals surface area (Å²) in [7, 11) is 0. The van der Waals surface area contributed by atoms with Crippen LogP contribution in [0.3, 0.4) is 0 Å². The van der Waals surface area contributed by atoms with Crippen LogP contribution in [0.5, 0.6) is 0 Å². The Hall–Kier alpha value is -1.75. The van der Waals surface area contributed by atoms with Gasteiger partial charge in [0.1, 0.15) is 6.04 Å². The SMILES string of the molecule is CCCCOCCCNC(=O)C1CNc2ccccc2N1. The van der Waals surface area contributed by atoms with Gasteiger partial charge in [0.2, 0.25) is 5.91 Å². The smallest absolute Gasteiger partial charge is 0.244 e. The van der Waals surface area contributed by atoms with Crippen LogP contribution in [0.1, 0.15) is 26.2 Å². The van der Waals surface area contributed by atoms with Crippen molar-refractivity contribution in [1.82, 2.24) is 5.32 Å². The van der Waals surface area contributed by atoms with Crippen molar-refractivity contribution in [3.8, 4) is 0 Å². The lowest BCUT2D eigenvalue weighted by Crippen LogP contribution is -2.46. The number of hydrogen-bond acceptors (Lipinski definition) is 4. The number of anilines is 2. The molecule has 0 aromatic heterocycles. The number of carbonyl (C=O) groups excluding carboxylic acids is 1. The predicted octanol–water partition coefficient (Wildman–Crippen LogP) is 2.22. The molecule has 0 radical (unpaired) electrons. The van der Waals surface area contributed by atoms with Gasteiger partial charge < -0.3 is 20.7 Å². The molecule has 0 spiro atoms. The van der Waals surface area contributed by atoms with E-state index in [9.17, 15) is 4.79 Å². The molecule has 1 heterocycles. The second kappa shape index (κ2) is 8.52. The van der Waals surface area contributed by atoms with Crippen LogP contribution >= 0.6 is 0 Å². The third kappa shape index (κ3) is 4.93. The van der Waals surface area contributed by atoms with Crippen molar-refractivity contribution in [3.05, 3.63) is 24.3 Å². The van der Waals surface area contributed by atoms with Gasteiger partial charge in [-0.2, -0.15) is 0 Å². The fraction of sp³-hybridized carbons (Fsp3) is 0.562. The molecule has 0 saturated carbocycles. The summed E-state index contributed by atoms with van der Waals surface area (Å²) in [6, 6.07) is 7.70. The fourth-order valence-electron chi connectivity index (χ4n) is 2.23. The Bertz CT molecular complexity index is 451. The zero-order valence-electron chi connectivity index (χ0n) is 12.7. The molecule has 1 aliphatic heterocycles. The molecule has 116 valence electrons. The first-order chi connectivity index (χ1) is 10.3. The first kappa shape index (κ1) is 15.6. The van der Waals surface area contributed by atoms with Crippen molar-refractivity contribution in [1.29, 1.82) is 0 Å². The predicted molar refractivity (Wildman–Crippen MR) is 85.7 cm³/mol. The van der Waals surface area contributed by atoms with Gasteiger partial charge in [0.05, 0.1) is 11.4 Å². The van der Waals surface area contributed by atoms with E-state index in [1.165, 1.54) is 0 Å². The van der Waals surface area contributed by atoms with Gasteiger partial charge >= 0.3 is 0 Å². The number of unbranched alkanes of at least 4 members (excludes halogenated alkanes) is 1. The molecular formula is C16H25N3O2. The van der Waals surface area contributed by atoms with Gasteiger partial charge in [0.15, 0.2) is 0 Å². The molecule has 21 heavy (non-hydrogen) atoms. The molecule has 1 amide bonds. The standard InChI is InChI=1S/C16H25N3O2/c1-2-3-10-21-11-6-9-17-16(20)15-12-18-13-7-4-5-8-14(13)19-15/h4-5,7-8,15,18-19H,2-3,6,9-12H2,1H3,(H,17,20). The molecule has 1 unspecified atom stereocenters. The zero-order chi connectivity index (χ0) is 14.9. The molecule has 2 rings (SSSR count). The zero-order valence-corrected chi connectivity index (χ0v) is 12.7. The number of carbonyl (C=O) groups is 1. The normalized spacial score (nSPS) is 16.5. The van der Waals surface area contributed by atoms with Crippen molar-refractivity contribution in [2.45, 2.75) is 32.2 Å². The Morgan fingerprint density at radius 2 is 2.05 bits per heavy atom. The highest BCUT2D eigenvalue weighted by atomic mass is 16.5. The van der Waals surface area contributed by atoms with Crippen molar-refractivity contribution in [2.75, 3.05) is 36.9 Å². The van der Waals surface area contributed by atoms with Crippen LogP contribution in [0.25, 0.3) is 0 Å². The number of benzene rings is 1. The monoisotopic (exact) mass is 291 g/mol. The minimum Gasteiger partial charge on any atom is -0.381 e. The number of hydrogen-bond donors (Lipinski definition) is 3. The molecular weight excluding hydrogens is 266 g/mol. The molecule has 3 N–H and O–H groups in total. The van der Waals surface area contributed by atoms with E-state index in [1.807, 2.05) is 24.3 Å². The molecule has 1 aromatic rings. The first-order valence-corrected chi connectivity index (χ1v) is 7.76. The summed E-state index contributed by atoms with van der Waals surface area (Å²) in [5.74, 6) is 0.0329. The van der Waals surface area contributed by atoms with Gasteiger partial charge in [-0.25, -0.2) is 0 Å². The van der Waals surface area contributed by atoms with Gasteiger partial charge in [-0.15, -0.1) is 0 Å². The molecule has 1 atom stereocenters. The van der Waals surface area contributed by atoms with E-state index >= 15 is 0 Å². The summed E-state index contributed by atoms with van der Waals surface area (Å²) in [5, 5.41) is 9.48. The summed E-state index contributed by atoms with van der Waals surface area (Å²) < 4.78 is 5.47. The highest BCUT2D eigenvalue weighted by Crippen LogP contribution is 2.24. The number of ether oxygens (including phenoxy) is 1. The minimum atomic E-state index is -0.221. The number of nitrogens with one attached hydrogen (secondary N) is 3. The number of fused-ring (bicyclic) bond motifs is 1. The summed E-state index contributed by atoms with van der Waals surface area (Å²) in [4.78, 5) is 12.1. The highest BCUT2D eigenvalue weighted by molar-refractivity contribution is 5.88. The van der Waals surface area contributed by atoms with Gasteiger partial charge in [0.25, 0.3) is 0 Å². The average molecular weight is 291 g/mol. The molecule has 5 nitrogen and oxygen atoms in total. The Morgan fingerprint density at radius 1 is 1.29 bits per heavy atom. The van der Waals surface area contributed by atoms with Crippen LogP contribution in [0.2, 0.25) is 0 Å². The van der Waals surface area contributed by atoms with Gasteiger partial charge in [-0.05, 0) is 25.0 Å². The Kier molecular flexibility index (Phi) is 6.34. The van der Waals surface area contributed by atoms with Gasteiger partial charge in [-0.3, -0.25) is 4.79 Å². The van der Waals surface area contributed by atoms with Crippen LogP contribution in [-0.4, -0.2) is 38.3 Å². The Balaban J connectivity index is 1.64. The second-order valence-electron chi connectivity index (χ2n) is 5.23. The summed E-state index contributed by atoms with van der Waals surface area (Å²) >= 11 is 0. The summed E-state index contributed by atoms with van der Waals surface area (Å²) in [6.07, 6.45) is 3.11. The van der Waals surface area contributed by atoms with E-state index in [0.717, 1.165) is 37.2 Å². The maximum absolute atomic E-state index is 12.1. The fourth-order valence-corrected chi connectivity index (χ4v) is 2.23. The van der Waals surface area contributed by atoms with Crippen LogP contribution in [0.15, 0.2) is 24.3 Å². The van der Waals surface area contributed by atoms with Crippen molar-refractivity contribution >= 4 is 17.3 Å². The Labute approximate surface area is 126 Å². The molecule has 0 saturated heterocycles. The van der Waals surface area contributed by atoms with Crippen molar-refractivity contribution in [2.24, 2.45) is 0 Å². The van der Waals surface area contributed by atoms with Crippen LogP contribution in [0, 0.1) is 0 Å². The van der Waals surface area contributed by atoms with Crippen LogP contribution < -0.4 is 16.0 Å². The largest absolute Gasteiger partial charge is 0.381 e. The topological polar surface area (TPSA) is 62.4 Å². The maximum atomic E-state index is 12.1. The van der Waals surface area contributed by atoms with E-state index in [1.54, 1.807) is 0 Å². The number of rotatable bonds is 8. The van der Waals surface area contributed by atoms with Gasteiger partial charge in [-0.1, -0.05) is 25.5 Å². The maximum Gasteiger partial charge on any atom is 0.244 e. The summed E-state index contributed by atoms with van der Waals surface area (Å²) in [5.41, 5.74) is 2.03. The van der Waals surface area contributed by atoms with Gasteiger partial charge in [0, 0.05) is 26.3 Å². The number of para-hydroxylation sites is 2. The number of amides is 1. The van der Waals surface area contributed by atoms with E-state index in [4.69, 9.17) is 4.74 Å². The third-order valence-corrected chi connectivity index (χ3v) is 3.48. The molecule has 1 aromatic carbocycles. The molecule has 5 heteroatoms. The quantitative estimate of drug-likeness (QED) is 0.643. The van der Waals surface area contributed by atoms with Crippen LogP contribution in [0.4, 0.5) is 11.4 Å². The lowest BCUT2D eigenvalue weighted by atomic mass is 10.1. The van der Waals surface area contributed by atoms with E-state index in [-0.39, 0.29) is 11.9 Å². The van der Waals surface area contributed by atoms with Crippen LogP contribution in [-0.2, 0) is 9.53 Å². The first-order valence-electron chi connectivity index (χ1n) is 7.76.